The number of hydrogen-bond acceptors (Lipinski definition) is 5. The van der Waals surface area contributed by atoms with Crippen LogP contribution in [0.5, 0.6) is 11.5 Å². The van der Waals surface area contributed by atoms with E-state index in [-0.39, 0.29) is 12.1 Å². The molecule has 1 aromatic carbocycles. The van der Waals surface area contributed by atoms with Crippen molar-refractivity contribution < 1.29 is 19.1 Å². The molecule has 0 spiro atoms. The van der Waals surface area contributed by atoms with E-state index in [4.69, 9.17) is 9.47 Å². The van der Waals surface area contributed by atoms with E-state index in [9.17, 15) is 14.9 Å². The van der Waals surface area contributed by atoms with Crippen LogP contribution in [0.1, 0.15) is 39.7 Å². The molecule has 28 heavy (non-hydrogen) atoms. The Morgan fingerprint density at radius 2 is 1.93 bits per heavy atom. The maximum Gasteiger partial charge on any atom is 0.271 e. The van der Waals surface area contributed by atoms with Gasteiger partial charge in [-0.1, -0.05) is 19.9 Å². The first-order valence-electron chi connectivity index (χ1n) is 9.34. The van der Waals surface area contributed by atoms with Gasteiger partial charge in [0, 0.05) is 12.1 Å². The predicted molar refractivity (Wildman–Crippen MR) is 107 cm³/mol. The zero-order valence-corrected chi connectivity index (χ0v) is 17.0. The molecule has 0 unspecified atom stereocenters. The Morgan fingerprint density at radius 3 is 2.50 bits per heavy atom. The second kappa shape index (κ2) is 9.23. The van der Waals surface area contributed by atoms with Crippen molar-refractivity contribution in [2.45, 2.75) is 34.1 Å². The summed E-state index contributed by atoms with van der Waals surface area (Å²) in [6.45, 7) is 8.38. The fourth-order valence-electron chi connectivity index (χ4n) is 2.88. The standard InChI is InChI=1S/C22H26N2O4/c1-6-24-21(25)17(15(4)18(13-23)22(24)26)11-16-7-8-19(20(12-16)27-5)28-10-9-14(2)3/h7-8,11-12,14H,6,9-10H2,1-5H3/b17-11+. The quantitative estimate of drug-likeness (QED) is 0.530. The first-order chi connectivity index (χ1) is 13.3. The molecule has 2 rings (SSSR count). The van der Waals surface area contributed by atoms with Crippen LogP contribution in [0.3, 0.4) is 0 Å². The minimum atomic E-state index is -0.545. The summed E-state index contributed by atoms with van der Waals surface area (Å²) in [7, 11) is 1.56. The van der Waals surface area contributed by atoms with Crippen molar-refractivity contribution >= 4 is 17.9 Å². The molecule has 0 atom stereocenters. The van der Waals surface area contributed by atoms with Crippen LogP contribution in [0.2, 0.25) is 0 Å². The van der Waals surface area contributed by atoms with E-state index in [2.05, 4.69) is 13.8 Å². The number of imide groups is 1. The highest BCUT2D eigenvalue weighted by Crippen LogP contribution is 2.31. The predicted octanol–water partition coefficient (Wildman–Crippen LogP) is 3.73. The third kappa shape index (κ3) is 4.42. The van der Waals surface area contributed by atoms with Crippen LogP contribution < -0.4 is 9.47 Å². The van der Waals surface area contributed by atoms with Gasteiger partial charge < -0.3 is 9.47 Å². The second-order valence-corrected chi connectivity index (χ2v) is 6.97. The molecule has 0 saturated carbocycles. The molecule has 148 valence electrons. The van der Waals surface area contributed by atoms with Gasteiger partial charge in [-0.25, -0.2) is 0 Å². The van der Waals surface area contributed by atoms with Gasteiger partial charge in [-0.2, -0.15) is 5.26 Å². The number of carbonyl (C=O) groups is 2. The van der Waals surface area contributed by atoms with Crippen molar-refractivity contribution in [1.29, 1.82) is 5.26 Å². The van der Waals surface area contributed by atoms with Gasteiger partial charge in [-0.3, -0.25) is 14.5 Å². The Kier molecular flexibility index (Phi) is 7.00. The van der Waals surface area contributed by atoms with Crippen LogP contribution in [-0.4, -0.2) is 37.0 Å². The first kappa shape index (κ1) is 21.2. The molecule has 0 aliphatic carbocycles. The Hall–Kier alpha value is -3.07. The normalized spacial score (nSPS) is 16.0. The van der Waals surface area contributed by atoms with E-state index in [1.165, 1.54) is 0 Å². The molecule has 2 amide bonds. The Balaban J connectivity index is 2.40. The monoisotopic (exact) mass is 382 g/mol. The van der Waals surface area contributed by atoms with Crippen LogP contribution in [0.15, 0.2) is 34.9 Å². The lowest BCUT2D eigenvalue weighted by Crippen LogP contribution is -2.42. The van der Waals surface area contributed by atoms with Gasteiger partial charge in [0.05, 0.1) is 13.7 Å². The number of methoxy groups -OCH3 is 1. The van der Waals surface area contributed by atoms with Crippen molar-refractivity contribution in [1.82, 2.24) is 4.90 Å². The van der Waals surface area contributed by atoms with E-state index in [1.54, 1.807) is 39.2 Å². The number of nitriles is 1. The van der Waals surface area contributed by atoms with Gasteiger partial charge in [-0.15, -0.1) is 0 Å². The zero-order chi connectivity index (χ0) is 20.8. The highest BCUT2D eigenvalue weighted by atomic mass is 16.5. The molecule has 0 aromatic heterocycles. The molecule has 1 aliphatic heterocycles. The zero-order valence-electron chi connectivity index (χ0n) is 17.0. The van der Waals surface area contributed by atoms with E-state index >= 15 is 0 Å². The highest BCUT2D eigenvalue weighted by Gasteiger charge is 2.34. The van der Waals surface area contributed by atoms with E-state index in [0.717, 1.165) is 16.9 Å². The van der Waals surface area contributed by atoms with Crippen molar-refractivity contribution in [2.75, 3.05) is 20.3 Å². The van der Waals surface area contributed by atoms with Crippen molar-refractivity contribution in [3.63, 3.8) is 0 Å². The van der Waals surface area contributed by atoms with Gasteiger partial charge in [0.1, 0.15) is 11.6 Å². The minimum absolute atomic E-state index is 0.00620. The molecule has 1 aliphatic rings. The molecular formula is C22H26N2O4. The largest absolute Gasteiger partial charge is 0.493 e. The lowest BCUT2D eigenvalue weighted by atomic mass is 9.93. The van der Waals surface area contributed by atoms with Crippen LogP contribution in [0, 0.1) is 17.2 Å². The highest BCUT2D eigenvalue weighted by molar-refractivity contribution is 6.19. The van der Waals surface area contributed by atoms with Gasteiger partial charge in [0.2, 0.25) is 0 Å². The first-order valence-corrected chi connectivity index (χ1v) is 9.34. The van der Waals surface area contributed by atoms with E-state index in [1.807, 2.05) is 12.1 Å². The summed E-state index contributed by atoms with van der Waals surface area (Å²) < 4.78 is 11.2. The number of amides is 2. The van der Waals surface area contributed by atoms with Gasteiger partial charge >= 0.3 is 0 Å². The van der Waals surface area contributed by atoms with Crippen molar-refractivity contribution in [2.24, 2.45) is 5.92 Å². The number of nitrogens with zero attached hydrogens (tertiary/aromatic N) is 2. The van der Waals surface area contributed by atoms with Crippen LogP contribution in [0.25, 0.3) is 6.08 Å². The Labute approximate surface area is 166 Å². The van der Waals surface area contributed by atoms with E-state index < -0.39 is 11.8 Å². The number of benzene rings is 1. The van der Waals surface area contributed by atoms with Gasteiger partial charge in [-0.05, 0) is 55.5 Å². The van der Waals surface area contributed by atoms with E-state index in [0.29, 0.717) is 35.2 Å². The lowest BCUT2D eigenvalue weighted by Gasteiger charge is -2.26. The number of likely N-dealkylation sites (N-methyl/N-ethyl adjacent to an activating group) is 1. The molecule has 6 nitrogen and oxygen atoms in total. The number of hydrogen-bond donors (Lipinski definition) is 0. The maximum atomic E-state index is 12.7. The fourth-order valence-corrected chi connectivity index (χ4v) is 2.88. The molecule has 0 N–H and O–H groups in total. The molecule has 1 aromatic rings. The summed E-state index contributed by atoms with van der Waals surface area (Å²) in [5.74, 6) is 0.791. The Morgan fingerprint density at radius 1 is 1.21 bits per heavy atom. The maximum absolute atomic E-state index is 12.7. The topological polar surface area (TPSA) is 79.6 Å². The third-order valence-corrected chi connectivity index (χ3v) is 4.59. The van der Waals surface area contributed by atoms with Crippen LogP contribution in [-0.2, 0) is 9.59 Å². The summed E-state index contributed by atoms with van der Waals surface area (Å²) in [4.78, 5) is 26.0. The summed E-state index contributed by atoms with van der Waals surface area (Å²) in [6, 6.07) is 7.31. The molecule has 0 radical (unpaired) electrons. The summed E-state index contributed by atoms with van der Waals surface area (Å²) in [5, 5.41) is 9.32. The van der Waals surface area contributed by atoms with Crippen molar-refractivity contribution in [3.05, 3.63) is 40.5 Å². The molecule has 1 heterocycles. The molecular weight excluding hydrogens is 356 g/mol. The van der Waals surface area contributed by atoms with Gasteiger partial charge in [0.15, 0.2) is 11.5 Å². The SMILES string of the molecule is CCN1C(=O)C(C#N)=C(C)/C(=C\c2ccc(OCCC(C)C)c(OC)c2)C1=O. The lowest BCUT2D eigenvalue weighted by molar-refractivity contribution is -0.140. The average molecular weight is 382 g/mol. The summed E-state index contributed by atoms with van der Waals surface area (Å²) in [5.41, 5.74) is 1.43. The van der Waals surface area contributed by atoms with Gasteiger partial charge in [0.25, 0.3) is 11.8 Å². The molecule has 0 saturated heterocycles. The van der Waals surface area contributed by atoms with Crippen LogP contribution >= 0.6 is 0 Å². The number of ether oxygens (including phenoxy) is 2. The number of carbonyl (C=O) groups excluding carboxylic acids is 2. The average Bonchev–Trinajstić information content (AvgIpc) is 2.66. The molecule has 0 bridgehead atoms. The minimum Gasteiger partial charge on any atom is -0.493 e. The molecule has 0 fully saturated rings. The fraction of sp³-hybridized carbons (Fsp3) is 0.409. The number of rotatable bonds is 7. The second-order valence-electron chi connectivity index (χ2n) is 6.97. The summed E-state index contributed by atoms with van der Waals surface area (Å²) in [6.07, 6.45) is 2.61. The smallest absolute Gasteiger partial charge is 0.271 e. The Bertz CT molecular complexity index is 875. The van der Waals surface area contributed by atoms with Crippen molar-refractivity contribution in [3.8, 4) is 17.6 Å². The third-order valence-electron chi connectivity index (χ3n) is 4.59. The summed E-state index contributed by atoms with van der Waals surface area (Å²) >= 11 is 0. The molecule has 6 heteroatoms. The van der Waals surface area contributed by atoms with Crippen LogP contribution in [0.4, 0.5) is 0 Å².